The van der Waals surface area contributed by atoms with Gasteiger partial charge in [0.15, 0.2) is 0 Å². The van der Waals surface area contributed by atoms with Crippen molar-refractivity contribution in [2.75, 3.05) is 0 Å². The van der Waals surface area contributed by atoms with Gasteiger partial charge < -0.3 is 30.6 Å². The molecule has 1 aliphatic carbocycles. The summed E-state index contributed by atoms with van der Waals surface area (Å²) in [5.74, 6) is 0.888. The average Bonchev–Trinajstić information content (AvgIpc) is 3.30. The van der Waals surface area contributed by atoms with Gasteiger partial charge in [0.25, 0.3) is 0 Å². The van der Waals surface area contributed by atoms with Crippen LogP contribution < -0.4 is 0 Å². The highest BCUT2D eigenvalue weighted by atomic mass is 16.3. The molecule has 8 aromatic rings. The van der Waals surface area contributed by atoms with Crippen molar-refractivity contribution in [3.8, 4) is 56.8 Å². The highest BCUT2D eigenvalue weighted by Crippen LogP contribution is 2.43. The third-order valence-corrected chi connectivity index (χ3v) is 14.1. The molecule has 6 N–H and O–H groups in total. The van der Waals surface area contributed by atoms with Crippen LogP contribution in [0, 0.1) is 13.8 Å². The summed E-state index contributed by atoms with van der Waals surface area (Å²) < 4.78 is 0. The van der Waals surface area contributed by atoms with Gasteiger partial charge in [-0.3, -0.25) is 0 Å². The molecule has 0 unspecified atom stereocenters. The number of aromatic hydroxyl groups is 6. The predicted molar refractivity (Wildman–Crippen MR) is 283 cm³/mol. The van der Waals surface area contributed by atoms with Crippen molar-refractivity contribution >= 4 is 0 Å². The van der Waals surface area contributed by atoms with Crippen molar-refractivity contribution in [1.82, 2.24) is 0 Å². The number of phenols is 6. The molecule has 0 saturated heterocycles. The Kier molecular flexibility index (Phi) is 12.6. The molecule has 12 bridgehead atoms. The van der Waals surface area contributed by atoms with E-state index in [1.54, 1.807) is 0 Å². The van der Waals surface area contributed by atoms with Crippen LogP contribution in [-0.2, 0) is 49.4 Å². The maximum absolute atomic E-state index is 12.5. The van der Waals surface area contributed by atoms with Crippen molar-refractivity contribution in [2.45, 2.75) is 105 Å². The number of hydrogen-bond acceptors (Lipinski definition) is 6. The first-order chi connectivity index (χ1) is 33.2. The number of aryl methyl sites for hydroxylation is 2. The summed E-state index contributed by atoms with van der Waals surface area (Å²) in [5, 5.41) is 72.4. The molecule has 0 saturated carbocycles. The maximum Gasteiger partial charge on any atom is 0.122 e. The number of benzene rings is 8. The smallest absolute Gasteiger partial charge is 0.122 e. The lowest BCUT2D eigenvalue weighted by atomic mass is 9.81. The van der Waals surface area contributed by atoms with E-state index in [9.17, 15) is 30.6 Å². The fourth-order valence-electron chi connectivity index (χ4n) is 10.4. The van der Waals surface area contributed by atoms with Crippen molar-refractivity contribution < 1.29 is 30.6 Å². The molecule has 0 radical (unpaired) electrons. The standard InChI is InChI=1S/C64H64O6/c1-37-19-39-21-41-25-49(61(69)55(27-41)63(3,4)5)34-51-29-45(43-15-11-9-12-16-43)31-53(59(51)67)36-54-32-46(44-17-13-10-14-18-44)30-52(60(54)68)35-50-26-42(28-56(62(50)70)64(6,7)8)22-40-20-38(2)58(66)48(24-40)33-47(23-39)57(37)65/h9-20,23-32,65-70H,21-22,33-36H2,1-8H3. The normalized spacial score (nSPS) is 13.1. The van der Waals surface area contributed by atoms with E-state index in [-0.39, 0.29) is 53.8 Å². The third kappa shape index (κ3) is 9.73. The van der Waals surface area contributed by atoms with Crippen LogP contribution in [0.2, 0.25) is 0 Å². The van der Waals surface area contributed by atoms with Crippen molar-refractivity contribution in [2.24, 2.45) is 0 Å². The summed E-state index contributed by atoms with van der Waals surface area (Å²) >= 11 is 0. The third-order valence-electron chi connectivity index (χ3n) is 14.1. The zero-order valence-corrected chi connectivity index (χ0v) is 41.6. The Hall–Kier alpha value is -7.44. The Labute approximate surface area is 412 Å². The lowest BCUT2D eigenvalue weighted by molar-refractivity contribution is 0.439. The first kappa shape index (κ1) is 47.6. The van der Waals surface area contributed by atoms with Crippen LogP contribution in [0.4, 0.5) is 0 Å². The Balaban J connectivity index is 1.30. The Morgan fingerprint density at radius 2 is 0.557 bits per heavy atom. The molecular formula is C64H64O6. The summed E-state index contributed by atoms with van der Waals surface area (Å²) in [6, 6.07) is 44.3. The van der Waals surface area contributed by atoms with Crippen LogP contribution in [0.15, 0.2) is 133 Å². The SMILES string of the molecule is Cc1cc2cc(c1O)Cc1cc(cc(C)c1O)Cc1cc(c(O)c(C(C)(C)C)c1)Cc1cc(-c3ccccc3)cc(c1O)Cc1cc(-c3ccccc3)cc(c1O)Cc1cc(cc(C(C)(C)C)c1O)C2. The first-order valence-electron chi connectivity index (χ1n) is 24.3. The second-order valence-corrected chi connectivity index (χ2v) is 21.7. The summed E-state index contributed by atoms with van der Waals surface area (Å²) in [6.07, 6.45) is 1.96. The van der Waals surface area contributed by atoms with E-state index in [4.69, 9.17) is 0 Å². The largest absolute Gasteiger partial charge is 0.507 e. The molecule has 0 amide bonds. The second kappa shape index (κ2) is 18.5. The first-order valence-corrected chi connectivity index (χ1v) is 24.3. The van der Waals surface area contributed by atoms with E-state index in [0.29, 0.717) is 63.8 Å². The molecule has 70 heavy (non-hydrogen) atoms. The van der Waals surface area contributed by atoms with Crippen LogP contribution in [0.5, 0.6) is 34.5 Å². The van der Waals surface area contributed by atoms with Crippen LogP contribution in [0.3, 0.4) is 0 Å². The fourth-order valence-corrected chi connectivity index (χ4v) is 10.4. The molecular weight excluding hydrogens is 865 g/mol. The maximum atomic E-state index is 12.5. The van der Waals surface area contributed by atoms with Crippen LogP contribution >= 0.6 is 0 Å². The summed E-state index contributed by atoms with van der Waals surface area (Å²) in [4.78, 5) is 0. The van der Waals surface area contributed by atoms with Gasteiger partial charge in [0.05, 0.1) is 0 Å². The van der Waals surface area contributed by atoms with Crippen molar-refractivity contribution in [1.29, 1.82) is 0 Å². The molecule has 0 heterocycles. The van der Waals surface area contributed by atoms with Gasteiger partial charge >= 0.3 is 0 Å². The summed E-state index contributed by atoms with van der Waals surface area (Å²) in [7, 11) is 0. The highest BCUT2D eigenvalue weighted by molar-refractivity contribution is 5.71. The number of rotatable bonds is 2. The molecule has 9 rings (SSSR count). The molecule has 6 heteroatoms. The lowest BCUT2D eigenvalue weighted by Gasteiger charge is -2.24. The molecule has 0 spiro atoms. The second-order valence-electron chi connectivity index (χ2n) is 21.7. The summed E-state index contributed by atoms with van der Waals surface area (Å²) in [5.41, 5.74) is 15.0. The molecule has 1 aliphatic rings. The number of fused-ring (bicyclic) bond motifs is 12. The molecule has 6 nitrogen and oxygen atoms in total. The van der Waals surface area contributed by atoms with Crippen molar-refractivity contribution in [3.63, 3.8) is 0 Å². The van der Waals surface area contributed by atoms with E-state index in [1.807, 2.05) is 135 Å². The molecule has 0 atom stereocenters. The Morgan fingerprint density at radius 3 is 0.857 bits per heavy atom. The minimum atomic E-state index is -0.419. The monoisotopic (exact) mass is 928 g/mol. The van der Waals surface area contributed by atoms with Gasteiger partial charge in [-0.15, -0.1) is 0 Å². The summed E-state index contributed by atoms with van der Waals surface area (Å²) in [6.45, 7) is 16.3. The molecule has 0 aromatic heterocycles. The van der Waals surface area contributed by atoms with Gasteiger partial charge in [0.1, 0.15) is 34.5 Å². The van der Waals surface area contributed by atoms with Gasteiger partial charge in [-0.25, -0.2) is 0 Å². The van der Waals surface area contributed by atoms with E-state index in [0.717, 1.165) is 66.8 Å². The molecule has 8 aromatic carbocycles. The van der Waals surface area contributed by atoms with Gasteiger partial charge in [-0.05, 0) is 173 Å². The van der Waals surface area contributed by atoms with Gasteiger partial charge in [-0.1, -0.05) is 151 Å². The van der Waals surface area contributed by atoms with Gasteiger partial charge in [0, 0.05) is 25.7 Å². The topological polar surface area (TPSA) is 121 Å². The van der Waals surface area contributed by atoms with Crippen molar-refractivity contribution in [3.05, 3.63) is 222 Å². The van der Waals surface area contributed by atoms with Gasteiger partial charge in [-0.2, -0.15) is 0 Å². The zero-order chi connectivity index (χ0) is 49.8. The van der Waals surface area contributed by atoms with Gasteiger partial charge in [0.2, 0.25) is 0 Å². The van der Waals surface area contributed by atoms with Crippen LogP contribution in [0.25, 0.3) is 22.3 Å². The molecule has 0 fully saturated rings. The minimum absolute atomic E-state index is 0.0861. The molecule has 356 valence electrons. The Bertz CT molecular complexity index is 3080. The van der Waals surface area contributed by atoms with E-state index >= 15 is 0 Å². The van der Waals surface area contributed by atoms with E-state index in [2.05, 4.69) is 53.7 Å². The molecule has 0 aliphatic heterocycles. The lowest BCUT2D eigenvalue weighted by Crippen LogP contribution is -2.13. The quantitative estimate of drug-likeness (QED) is 0.103. The average molecular weight is 929 g/mol. The van der Waals surface area contributed by atoms with E-state index in [1.165, 1.54) is 0 Å². The fraction of sp³-hybridized carbons (Fsp3) is 0.250. The van der Waals surface area contributed by atoms with Crippen LogP contribution in [0.1, 0.15) is 131 Å². The highest BCUT2D eigenvalue weighted by Gasteiger charge is 2.26. The zero-order valence-electron chi connectivity index (χ0n) is 41.6. The number of hydrogen-bond donors (Lipinski definition) is 6. The predicted octanol–water partition coefficient (Wildman–Crippen LogP) is 14.3. The Morgan fingerprint density at radius 1 is 0.286 bits per heavy atom. The van der Waals surface area contributed by atoms with Crippen LogP contribution in [-0.4, -0.2) is 30.6 Å². The number of phenolic OH excluding ortho intramolecular Hbond substituents is 6. The minimum Gasteiger partial charge on any atom is -0.507 e. The van der Waals surface area contributed by atoms with E-state index < -0.39 is 10.8 Å².